The van der Waals surface area contributed by atoms with Gasteiger partial charge in [0.25, 0.3) is 0 Å². The molecule has 1 rings (SSSR count). The third kappa shape index (κ3) is 37.8. The van der Waals surface area contributed by atoms with Crippen LogP contribution in [0.1, 0.15) is 264 Å². The summed E-state index contributed by atoms with van der Waals surface area (Å²) >= 11 is 0. The summed E-state index contributed by atoms with van der Waals surface area (Å²) in [7, 11) is 0. The van der Waals surface area contributed by atoms with Crippen molar-refractivity contribution >= 4 is 5.91 Å². The molecule has 1 amide bonds. The Labute approximate surface area is 429 Å². The number of unbranched alkanes of at least 4 members (excludes halogenated alkanes) is 33. The van der Waals surface area contributed by atoms with Crippen LogP contribution in [0, 0.1) is 0 Å². The first-order valence-corrected chi connectivity index (χ1v) is 29.5. The highest BCUT2D eigenvalue weighted by atomic mass is 16.7. The van der Waals surface area contributed by atoms with Gasteiger partial charge in [-0.05, 0) is 70.6 Å². The Bertz CT molecular complexity index is 1260. The molecule has 7 N–H and O–H groups in total. The lowest BCUT2D eigenvalue weighted by Crippen LogP contribution is -2.60. The lowest BCUT2D eigenvalue weighted by molar-refractivity contribution is -0.302. The van der Waals surface area contributed by atoms with Crippen LogP contribution >= 0.6 is 0 Å². The monoisotopic (exact) mass is 990 g/mol. The number of hydrogen-bond acceptors (Lipinski definition) is 9. The van der Waals surface area contributed by atoms with Crippen LogP contribution in [0.2, 0.25) is 0 Å². The Balaban J connectivity index is 2.23. The van der Waals surface area contributed by atoms with Crippen LogP contribution in [0.15, 0.2) is 48.6 Å². The molecule has 8 atom stereocenters. The minimum Gasteiger partial charge on any atom is -0.394 e. The molecule has 70 heavy (non-hydrogen) atoms. The van der Waals surface area contributed by atoms with Crippen LogP contribution in [-0.4, -0.2) is 98.7 Å². The van der Waals surface area contributed by atoms with Gasteiger partial charge in [-0.25, -0.2) is 0 Å². The molecule has 1 aliphatic heterocycles. The molecule has 10 nitrogen and oxygen atoms in total. The molecule has 410 valence electrons. The van der Waals surface area contributed by atoms with Gasteiger partial charge in [0.15, 0.2) is 6.29 Å². The molecule has 1 heterocycles. The van der Waals surface area contributed by atoms with Gasteiger partial charge in [-0.2, -0.15) is 0 Å². The number of aliphatic hydroxyl groups is 6. The standard InChI is InChI=1S/C60H111NO9/c1-3-5-7-9-11-13-15-17-19-21-22-23-24-25-26-27-28-29-30-31-32-33-35-37-39-41-43-45-47-49-54(64)59(68)61-52(51-69-60-58(67)57(66)56(65)55(50-62)70-60)53(63)48-46-44-42-40-38-36-34-20-18-16-14-12-10-8-6-4-2/h18,20,25-26,38,40,46,48,52-58,60,62-67H,3-17,19,21-24,27-37,39,41-45,47,49-51H2,1-2H3,(H,61,68)/b20-18+,26-25-,40-38+,48-46+. The summed E-state index contributed by atoms with van der Waals surface area (Å²) in [6.45, 7) is 3.60. The minimum absolute atomic E-state index is 0.301. The first kappa shape index (κ1) is 66.1. The summed E-state index contributed by atoms with van der Waals surface area (Å²) < 4.78 is 11.2. The van der Waals surface area contributed by atoms with E-state index in [-0.39, 0.29) is 6.61 Å². The summed E-state index contributed by atoms with van der Waals surface area (Å²) in [5.41, 5.74) is 0. The largest absolute Gasteiger partial charge is 0.394 e. The number of nitrogens with one attached hydrogen (secondary N) is 1. The number of hydrogen-bond donors (Lipinski definition) is 7. The molecular formula is C60H111NO9. The zero-order valence-corrected chi connectivity index (χ0v) is 45.1. The van der Waals surface area contributed by atoms with Gasteiger partial charge in [0.1, 0.15) is 30.5 Å². The summed E-state index contributed by atoms with van der Waals surface area (Å²) in [5.74, 6) is -0.629. The van der Waals surface area contributed by atoms with Crippen LogP contribution in [0.4, 0.5) is 0 Å². The molecule has 10 heteroatoms. The first-order valence-electron chi connectivity index (χ1n) is 29.5. The average molecular weight is 991 g/mol. The van der Waals surface area contributed by atoms with Crippen molar-refractivity contribution in [3.05, 3.63) is 48.6 Å². The fraction of sp³-hybridized carbons (Fsp3) is 0.850. The fourth-order valence-corrected chi connectivity index (χ4v) is 9.19. The average Bonchev–Trinajstić information content (AvgIpc) is 3.36. The predicted octanol–water partition coefficient (Wildman–Crippen LogP) is 13.5. The molecule has 0 bridgehead atoms. The number of carbonyl (C=O) groups is 1. The second-order valence-corrected chi connectivity index (χ2v) is 20.6. The summed E-state index contributed by atoms with van der Waals surface area (Å²) in [6.07, 6.45) is 55.1. The van der Waals surface area contributed by atoms with Gasteiger partial charge in [-0.15, -0.1) is 0 Å². The van der Waals surface area contributed by atoms with Gasteiger partial charge in [0.05, 0.1) is 25.4 Å². The Morgan fingerprint density at radius 1 is 0.486 bits per heavy atom. The minimum atomic E-state index is -1.62. The van der Waals surface area contributed by atoms with E-state index in [9.17, 15) is 35.4 Å². The summed E-state index contributed by atoms with van der Waals surface area (Å²) in [6, 6.07) is -1.00. The zero-order chi connectivity index (χ0) is 51.0. The van der Waals surface area contributed by atoms with Crippen LogP contribution < -0.4 is 5.32 Å². The van der Waals surface area contributed by atoms with Crippen LogP contribution in [0.3, 0.4) is 0 Å². The highest BCUT2D eigenvalue weighted by molar-refractivity contribution is 5.80. The molecule has 8 unspecified atom stereocenters. The van der Waals surface area contributed by atoms with E-state index in [0.29, 0.717) is 19.3 Å². The summed E-state index contributed by atoms with van der Waals surface area (Å²) in [4.78, 5) is 13.1. The van der Waals surface area contributed by atoms with E-state index in [2.05, 4.69) is 55.6 Å². The molecule has 0 aromatic heterocycles. The van der Waals surface area contributed by atoms with Crippen molar-refractivity contribution in [1.29, 1.82) is 0 Å². The van der Waals surface area contributed by atoms with Gasteiger partial charge in [-0.1, -0.05) is 242 Å². The molecule has 1 fully saturated rings. The van der Waals surface area contributed by atoms with Crippen molar-refractivity contribution < 1.29 is 44.9 Å². The smallest absolute Gasteiger partial charge is 0.249 e. The van der Waals surface area contributed by atoms with Crippen molar-refractivity contribution in [2.24, 2.45) is 0 Å². The van der Waals surface area contributed by atoms with Crippen LogP contribution in [-0.2, 0) is 14.3 Å². The lowest BCUT2D eigenvalue weighted by Gasteiger charge is -2.40. The fourth-order valence-electron chi connectivity index (χ4n) is 9.19. The number of ether oxygens (including phenoxy) is 2. The van der Waals surface area contributed by atoms with E-state index in [0.717, 1.165) is 44.9 Å². The highest BCUT2D eigenvalue weighted by Gasteiger charge is 2.44. The number of rotatable bonds is 50. The van der Waals surface area contributed by atoms with Crippen molar-refractivity contribution in [3.8, 4) is 0 Å². The first-order chi connectivity index (χ1) is 34.3. The van der Waals surface area contributed by atoms with Crippen molar-refractivity contribution in [1.82, 2.24) is 5.32 Å². The van der Waals surface area contributed by atoms with Gasteiger partial charge >= 0.3 is 0 Å². The molecule has 0 aliphatic carbocycles. The van der Waals surface area contributed by atoms with E-state index < -0.39 is 61.5 Å². The highest BCUT2D eigenvalue weighted by Crippen LogP contribution is 2.23. The molecule has 0 aromatic rings. The van der Waals surface area contributed by atoms with Crippen LogP contribution in [0.25, 0.3) is 0 Å². The Morgan fingerprint density at radius 2 is 0.843 bits per heavy atom. The predicted molar refractivity (Wildman–Crippen MR) is 292 cm³/mol. The second kappa shape index (κ2) is 49.3. The number of carbonyl (C=O) groups excluding carboxylic acids is 1. The molecule has 0 aromatic carbocycles. The molecule has 0 saturated carbocycles. The molecular weight excluding hydrogens is 879 g/mol. The Hall–Kier alpha value is -1.89. The third-order valence-corrected chi connectivity index (χ3v) is 14.0. The lowest BCUT2D eigenvalue weighted by atomic mass is 9.99. The third-order valence-electron chi connectivity index (χ3n) is 14.0. The second-order valence-electron chi connectivity index (χ2n) is 20.6. The Kier molecular flexibility index (Phi) is 46.6. The molecule has 0 spiro atoms. The SMILES string of the molecule is CCCCCCCC/C=C/CC/C=C/CC/C=C/C(O)C(COC1OC(CO)C(O)C(O)C1O)NC(=O)C(O)CCCCCCCCCCCCCCC/C=C\CCCCCCCCCCCCCC. The van der Waals surface area contributed by atoms with E-state index in [4.69, 9.17) is 9.47 Å². The molecule has 0 radical (unpaired) electrons. The van der Waals surface area contributed by atoms with Crippen LogP contribution in [0.5, 0.6) is 0 Å². The van der Waals surface area contributed by atoms with E-state index in [1.807, 2.05) is 6.08 Å². The van der Waals surface area contributed by atoms with Crippen molar-refractivity contribution in [3.63, 3.8) is 0 Å². The maximum Gasteiger partial charge on any atom is 0.249 e. The number of allylic oxidation sites excluding steroid dienone is 7. The number of amides is 1. The van der Waals surface area contributed by atoms with Gasteiger partial charge < -0.3 is 45.4 Å². The normalized spacial score (nSPS) is 20.1. The van der Waals surface area contributed by atoms with E-state index in [1.54, 1.807) is 6.08 Å². The van der Waals surface area contributed by atoms with Crippen molar-refractivity contribution in [2.45, 2.75) is 313 Å². The van der Waals surface area contributed by atoms with E-state index in [1.165, 1.54) is 186 Å². The molecule has 1 aliphatic rings. The topological polar surface area (TPSA) is 169 Å². The maximum atomic E-state index is 13.1. The maximum absolute atomic E-state index is 13.1. The number of aliphatic hydroxyl groups excluding tert-OH is 6. The van der Waals surface area contributed by atoms with Gasteiger partial charge in [0, 0.05) is 0 Å². The molecule has 1 saturated heterocycles. The quantitative estimate of drug-likeness (QED) is 0.0232. The summed E-state index contributed by atoms with van der Waals surface area (Å²) in [5, 5.41) is 65.0. The van der Waals surface area contributed by atoms with E-state index >= 15 is 0 Å². The van der Waals surface area contributed by atoms with Gasteiger partial charge in [0.2, 0.25) is 5.91 Å². The Morgan fingerprint density at radius 3 is 1.24 bits per heavy atom. The van der Waals surface area contributed by atoms with Gasteiger partial charge in [-0.3, -0.25) is 4.79 Å². The zero-order valence-electron chi connectivity index (χ0n) is 45.1. The van der Waals surface area contributed by atoms with Crippen molar-refractivity contribution in [2.75, 3.05) is 13.2 Å².